The van der Waals surface area contributed by atoms with Gasteiger partial charge in [0.25, 0.3) is 0 Å². The number of rotatable bonds is 3. The lowest BCUT2D eigenvalue weighted by Crippen LogP contribution is -1.97. The molecule has 0 bridgehead atoms. The summed E-state index contributed by atoms with van der Waals surface area (Å²) in [7, 11) is 0. The fraction of sp³-hybridized carbons (Fsp3) is 0. The highest BCUT2D eigenvalue weighted by molar-refractivity contribution is 6.28. The lowest BCUT2D eigenvalue weighted by Gasteiger charge is -2.08. The topological polar surface area (TPSA) is 51.8 Å². The van der Waals surface area contributed by atoms with Gasteiger partial charge in [-0.2, -0.15) is 9.97 Å². The van der Waals surface area contributed by atoms with Gasteiger partial charge in [-0.1, -0.05) is 91.0 Å². The summed E-state index contributed by atoms with van der Waals surface area (Å²) in [6.45, 7) is 0. The summed E-state index contributed by atoms with van der Waals surface area (Å²) in [6, 6.07) is 41.5. The maximum absolute atomic E-state index is 6.45. The van der Waals surface area contributed by atoms with Gasteiger partial charge in [0.1, 0.15) is 11.2 Å². The first-order valence-electron chi connectivity index (χ1n) is 13.1. The Kier molecular flexibility index (Phi) is 5.15. The molecule has 0 amide bonds. The van der Waals surface area contributed by atoms with Crippen molar-refractivity contribution < 1.29 is 4.42 Å². The largest absolute Gasteiger partial charge is 0.456 e. The molecule has 4 nitrogen and oxygen atoms in total. The molecule has 6 aromatic carbocycles. The van der Waals surface area contributed by atoms with Gasteiger partial charge in [0.2, 0.25) is 5.28 Å². The van der Waals surface area contributed by atoms with Gasteiger partial charge in [0, 0.05) is 21.9 Å². The SMILES string of the molecule is Clc1nc(-c2ccc3cc(-c4ccccc4)ccc3c2)nc(-c2ccc3ccc4oc5ccccc5c4c3c2)n1. The number of benzene rings is 6. The third-order valence-corrected chi connectivity index (χ3v) is 7.60. The molecule has 0 aliphatic heterocycles. The molecule has 2 heterocycles. The Labute approximate surface area is 234 Å². The average molecular weight is 534 g/mol. The van der Waals surface area contributed by atoms with Gasteiger partial charge in [-0.15, -0.1) is 0 Å². The maximum Gasteiger partial charge on any atom is 0.226 e. The van der Waals surface area contributed by atoms with Crippen molar-refractivity contribution in [1.29, 1.82) is 0 Å². The number of hydrogen-bond acceptors (Lipinski definition) is 4. The predicted molar refractivity (Wildman–Crippen MR) is 163 cm³/mol. The number of hydrogen-bond donors (Lipinski definition) is 0. The van der Waals surface area contributed by atoms with Crippen LogP contribution < -0.4 is 0 Å². The van der Waals surface area contributed by atoms with E-state index in [9.17, 15) is 0 Å². The van der Waals surface area contributed by atoms with E-state index >= 15 is 0 Å². The molecule has 8 aromatic rings. The molecule has 0 N–H and O–H groups in total. The van der Waals surface area contributed by atoms with Crippen molar-refractivity contribution in [3.05, 3.63) is 127 Å². The minimum absolute atomic E-state index is 0.159. The Bertz CT molecular complexity index is 2240. The Balaban J connectivity index is 1.23. The van der Waals surface area contributed by atoms with Crippen molar-refractivity contribution in [3.8, 4) is 33.9 Å². The molecule has 0 saturated carbocycles. The van der Waals surface area contributed by atoms with E-state index in [4.69, 9.17) is 21.0 Å². The molecule has 0 spiro atoms. The third-order valence-electron chi connectivity index (χ3n) is 7.43. The van der Waals surface area contributed by atoms with E-state index in [2.05, 4.69) is 88.8 Å². The van der Waals surface area contributed by atoms with Crippen molar-refractivity contribution in [3.63, 3.8) is 0 Å². The van der Waals surface area contributed by atoms with Crippen LogP contribution in [-0.4, -0.2) is 15.0 Å². The van der Waals surface area contributed by atoms with Gasteiger partial charge in [-0.25, -0.2) is 4.98 Å². The number of furan rings is 1. The van der Waals surface area contributed by atoms with E-state index in [1.165, 1.54) is 11.1 Å². The summed E-state index contributed by atoms with van der Waals surface area (Å²) in [5.74, 6) is 1.07. The monoisotopic (exact) mass is 533 g/mol. The van der Waals surface area contributed by atoms with Crippen LogP contribution in [0.15, 0.2) is 126 Å². The van der Waals surface area contributed by atoms with Crippen LogP contribution in [0.5, 0.6) is 0 Å². The molecule has 0 aliphatic carbocycles. The van der Waals surface area contributed by atoms with Gasteiger partial charge in [-0.3, -0.25) is 0 Å². The second-order valence-corrected chi connectivity index (χ2v) is 10.2. The molecule has 0 atom stereocenters. The summed E-state index contributed by atoms with van der Waals surface area (Å²) in [5, 5.41) is 6.78. The fourth-order valence-electron chi connectivity index (χ4n) is 5.49. The van der Waals surface area contributed by atoms with E-state index < -0.39 is 0 Å². The van der Waals surface area contributed by atoms with E-state index in [1.54, 1.807) is 0 Å². The molecule has 188 valence electrons. The molecule has 0 aliphatic rings. The third kappa shape index (κ3) is 3.81. The summed E-state index contributed by atoms with van der Waals surface area (Å²) in [4.78, 5) is 13.8. The van der Waals surface area contributed by atoms with Crippen LogP contribution in [0.1, 0.15) is 0 Å². The molecule has 2 aromatic heterocycles. The second-order valence-electron chi connectivity index (χ2n) is 9.87. The summed E-state index contributed by atoms with van der Waals surface area (Å²) < 4.78 is 6.11. The van der Waals surface area contributed by atoms with Gasteiger partial charge >= 0.3 is 0 Å². The molecular weight excluding hydrogens is 514 g/mol. The first kappa shape index (κ1) is 22.9. The smallest absolute Gasteiger partial charge is 0.226 e. The predicted octanol–water partition coefficient (Wildman–Crippen LogP) is 9.73. The number of aromatic nitrogens is 3. The summed E-state index contributed by atoms with van der Waals surface area (Å²) in [5.41, 5.74) is 5.85. The number of fused-ring (bicyclic) bond motifs is 6. The Morgan fingerprint density at radius 2 is 1.07 bits per heavy atom. The van der Waals surface area contributed by atoms with Crippen LogP contribution in [0.3, 0.4) is 0 Å². The Hall–Kier alpha value is -5.06. The average Bonchev–Trinajstić information content (AvgIpc) is 3.40. The highest BCUT2D eigenvalue weighted by Gasteiger charge is 2.14. The van der Waals surface area contributed by atoms with Gasteiger partial charge in [-0.05, 0) is 74.6 Å². The second kappa shape index (κ2) is 9.01. The van der Waals surface area contributed by atoms with Crippen LogP contribution in [0.4, 0.5) is 0 Å². The molecule has 40 heavy (non-hydrogen) atoms. The zero-order valence-electron chi connectivity index (χ0n) is 21.2. The lowest BCUT2D eigenvalue weighted by atomic mass is 10.00. The van der Waals surface area contributed by atoms with E-state index in [1.807, 2.05) is 42.5 Å². The fourth-order valence-corrected chi connectivity index (χ4v) is 5.65. The van der Waals surface area contributed by atoms with Crippen LogP contribution >= 0.6 is 11.6 Å². The molecular formula is C35H20ClN3O. The molecule has 0 fully saturated rings. The summed E-state index contributed by atoms with van der Waals surface area (Å²) in [6.07, 6.45) is 0. The van der Waals surface area contributed by atoms with Crippen LogP contribution in [0.25, 0.3) is 77.4 Å². The maximum atomic E-state index is 6.45. The molecule has 5 heteroatoms. The van der Waals surface area contributed by atoms with Gasteiger partial charge < -0.3 is 4.42 Å². The van der Waals surface area contributed by atoms with Crippen LogP contribution in [0, 0.1) is 0 Å². The molecule has 0 radical (unpaired) electrons. The minimum Gasteiger partial charge on any atom is -0.456 e. The number of para-hydroxylation sites is 1. The van der Waals surface area contributed by atoms with E-state index in [-0.39, 0.29) is 5.28 Å². The van der Waals surface area contributed by atoms with E-state index in [0.29, 0.717) is 11.6 Å². The van der Waals surface area contributed by atoms with E-state index in [0.717, 1.165) is 54.6 Å². The zero-order chi connectivity index (χ0) is 26.6. The first-order valence-corrected chi connectivity index (χ1v) is 13.4. The van der Waals surface area contributed by atoms with Gasteiger partial charge in [0.05, 0.1) is 0 Å². The standard InChI is InChI=1S/C35H20ClN3O/c36-35-38-33(26-15-13-24-18-23(11-12-25(24)19-26)21-6-2-1-3-7-21)37-34(39-35)27-14-10-22-16-17-31-32(29(22)20-27)28-8-4-5-9-30(28)40-31/h1-20H. The first-order chi connectivity index (χ1) is 19.7. The highest BCUT2D eigenvalue weighted by atomic mass is 35.5. The van der Waals surface area contributed by atoms with Crippen molar-refractivity contribution in [2.24, 2.45) is 0 Å². The zero-order valence-corrected chi connectivity index (χ0v) is 21.9. The normalized spacial score (nSPS) is 11.6. The molecule has 8 rings (SSSR count). The number of halogens is 1. The minimum atomic E-state index is 0.159. The number of nitrogens with zero attached hydrogens (tertiary/aromatic N) is 3. The Morgan fingerprint density at radius 3 is 1.88 bits per heavy atom. The van der Waals surface area contributed by atoms with Crippen molar-refractivity contribution >= 4 is 55.1 Å². The molecule has 0 saturated heterocycles. The van der Waals surface area contributed by atoms with Gasteiger partial charge in [0.15, 0.2) is 11.6 Å². The van der Waals surface area contributed by atoms with Crippen molar-refractivity contribution in [2.45, 2.75) is 0 Å². The molecule has 0 unspecified atom stereocenters. The van der Waals surface area contributed by atoms with Crippen LogP contribution in [0.2, 0.25) is 5.28 Å². The Morgan fingerprint density at radius 1 is 0.450 bits per heavy atom. The van der Waals surface area contributed by atoms with Crippen molar-refractivity contribution in [2.75, 3.05) is 0 Å². The van der Waals surface area contributed by atoms with Crippen LogP contribution in [-0.2, 0) is 0 Å². The van der Waals surface area contributed by atoms with Crippen molar-refractivity contribution in [1.82, 2.24) is 15.0 Å². The quantitative estimate of drug-likeness (QED) is 0.227. The summed E-state index contributed by atoms with van der Waals surface area (Å²) >= 11 is 6.45. The highest BCUT2D eigenvalue weighted by Crippen LogP contribution is 2.36. The lowest BCUT2D eigenvalue weighted by molar-refractivity contribution is 0.669.